The summed E-state index contributed by atoms with van der Waals surface area (Å²) in [6.07, 6.45) is 0. The Morgan fingerprint density at radius 3 is 2.13 bits per heavy atom. The Hall–Kier alpha value is -3.21. The van der Waals surface area contributed by atoms with E-state index in [9.17, 15) is 14.6 Å². The molecule has 0 bridgehead atoms. The van der Waals surface area contributed by atoms with Crippen LogP contribution in [0.2, 0.25) is 0 Å². The lowest BCUT2D eigenvalue weighted by Crippen LogP contribution is -1.85. The average Bonchev–Trinajstić information content (AvgIpc) is 2.57. The molecule has 3 rings (SSSR count). The first-order valence-electron chi connectivity index (χ1n) is 6.93. The molecule has 23 heavy (non-hydrogen) atoms. The first kappa shape index (κ1) is 14.7. The fourth-order valence-corrected chi connectivity index (χ4v) is 2.14. The zero-order valence-electron chi connectivity index (χ0n) is 12.0. The molecule has 0 unspecified atom stereocenters. The first-order valence-corrected chi connectivity index (χ1v) is 6.93. The summed E-state index contributed by atoms with van der Waals surface area (Å²) in [4.78, 5) is 0. The van der Waals surface area contributed by atoms with Crippen LogP contribution >= 0.6 is 0 Å². The lowest BCUT2D eigenvalue weighted by Gasteiger charge is -2.07. The Kier molecular flexibility index (Phi) is 4.01. The van der Waals surface area contributed by atoms with Gasteiger partial charge in [-0.15, -0.1) is 10.2 Å². The maximum Gasteiger partial charge on any atom is 0.164 e. The van der Waals surface area contributed by atoms with Gasteiger partial charge in [0.15, 0.2) is 11.5 Å². The number of rotatable bonds is 3. The third-order valence-electron chi connectivity index (χ3n) is 3.32. The molecule has 0 aliphatic rings. The van der Waals surface area contributed by atoms with E-state index in [-0.39, 0.29) is 22.9 Å². The monoisotopic (exact) mass is 308 g/mol. The molecule has 0 saturated heterocycles. The van der Waals surface area contributed by atoms with Crippen molar-refractivity contribution in [3.63, 3.8) is 0 Å². The second kappa shape index (κ2) is 6.27. The van der Waals surface area contributed by atoms with Gasteiger partial charge < -0.3 is 10.2 Å². The Balaban J connectivity index is 2.05. The molecule has 0 amide bonds. The molecule has 4 nitrogen and oxygen atoms in total. The molecule has 0 atom stereocenters. The molecule has 0 fully saturated rings. The van der Waals surface area contributed by atoms with Crippen LogP contribution in [0.5, 0.6) is 11.5 Å². The van der Waals surface area contributed by atoms with Gasteiger partial charge >= 0.3 is 0 Å². The normalized spacial score (nSPS) is 11.0. The van der Waals surface area contributed by atoms with Crippen LogP contribution < -0.4 is 0 Å². The van der Waals surface area contributed by atoms with Gasteiger partial charge in [-0.2, -0.15) is 0 Å². The van der Waals surface area contributed by atoms with Crippen LogP contribution in [0.4, 0.5) is 15.8 Å². The van der Waals surface area contributed by atoms with Gasteiger partial charge in [0.25, 0.3) is 0 Å². The summed E-state index contributed by atoms with van der Waals surface area (Å²) < 4.78 is 14.6. The lowest BCUT2D eigenvalue weighted by molar-refractivity contribution is 0.469. The van der Waals surface area contributed by atoms with Gasteiger partial charge in [-0.1, -0.05) is 42.5 Å². The van der Waals surface area contributed by atoms with Gasteiger partial charge in [-0.25, -0.2) is 4.39 Å². The fourth-order valence-electron chi connectivity index (χ4n) is 2.14. The average molecular weight is 308 g/mol. The molecule has 3 aromatic rings. The summed E-state index contributed by atoms with van der Waals surface area (Å²) in [7, 11) is 0. The molecule has 0 saturated carbocycles. The summed E-state index contributed by atoms with van der Waals surface area (Å²) in [5.41, 5.74) is 0.907. The lowest BCUT2D eigenvalue weighted by atomic mass is 10.0. The second-order valence-corrected chi connectivity index (χ2v) is 4.85. The summed E-state index contributed by atoms with van der Waals surface area (Å²) in [6.45, 7) is 0. The molecular weight excluding hydrogens is 295 g/mol. The molecule has 0 aliphatic carbocycles. The molecule has 114 valence electrons. The van der Waals surface area contributed by atoms with E-state index < -0.39 is 5.82 Å². The SMILES string of the molecule is Oc1ccccc1N=Nc1c(O)ccc(-c2ccccc2)c1F. The summed E-state index contributed by atoms with van der Waals surface area (Å²) >= 11 is 0. The molecular formula is C18H13FN2O2. The summed E-state index contributed by atoms with van der Waals surface area (Å²) in [6, 6.07) is 18.1. The molecule has 0 heterocycles. The molecule has 0 spiro atoms. The zero-order valence-corrected chi connectivity index (χ0v) is 12.0. The molecule has 5 heteroatoms. The maximum absolute atomic E-state index is 14.6. The van der Waals surface area contributed by atoms with Crippen LogP contribution in [0.25, 0.3) is 11.1 Å². The van der Waals surface area contributed by atoms with Crippen molar-refractivity contribution in [2.75, 3.05) is 0 Å². The number of nitrogens with zero attached hydrogens (tertiary/aromatic N) is 2. The molecule has 0 radical (unpaired) electrons. The zero-order chi connectivity index (χ0) is 16.2. The molecule has 3 aromatic carbocycles. The summed E-state index contributed by atoms with van der Waals surface area (Å²) in [5, 5.41) is 27.1. The first-order chi connectivity index (χ1) is 11.2. The van der Waals surface area contributed by atoms with E-state index in [4.69, 9.17) is 0 Å². The number of para-hydroxylation sites is 1. The van der Waals surface area contributed by atoms with Crippen molar-refractivity contribution >= 4 is 11.4 Å². The largest absolute Gasteiger partial charge is 0.506 e. The van der Waals surface area contributed by atoms with Crippen LogP contribution in [-0.4, -0.2) is 10.2 Å². The minimum absolute atomic E-state index is 0.0737. The minimum atomic E-state index is -0.671. The van der Waals surface area contributed by atoms with E-state index in [1.54, 1.807) is 36.4 Å². The van der Waals surface area contributed by atoms with E-state index in [1.807, 2.05) is 6.07 Å². The van der Waals surface area contributed by atoms with Crippen LogP contribution in [0.1, 0.15) is 0 Å². The van der Waals surface area contributed by atoms with Crippen molar-refractivity contribution in [3.05, 3.63) is 72.5 Å². The van der Waals surface area contributed by atoms with Crippen molar-refractivity contribution in [2.24, 2.45) is 10.2 Å². The van der Waals surface area contributed by atoms with Crippen LogP contribution in [0, 0.1) is 5.82 Å². The third-order valence-corrected chi connectivity index (χ3v) is 3.32. The van der Waals surface area contributed by atoms with E-state index in [1.165, 1.54) is 24.3 Å². The van der Waals surface area contributed by atoms with Crippen molar-refractivity contribution < 1.29 is 14.6 Å². The Labute approximate surface area is 132 Å². The van der Waals surface area contributed by atoms with E-state index in [0.29, 0.717) is 11.1 Å². The summed E-state index contributed by atoms with van der Waals surface area (Å²) in [5.74, 6) is -1.06. The quantitative estimate of drug-likeness (QED) is 0.643. The highest BCUT2D eigenvalue weighted by molar-refractivity contribution is 5.71. The highest BCUT2D eigenvalue weighted by Crippen LogP contribution is 2.37. The Bertz CT molecular complexity index is 864. The topological polar surface area (TPSA) is 65.2 Å². The van der Waals surface area contributed by atoms with E-state index in [2.05, 4.69) is 10.2 Å². The van der Waals surface area contributed by atoms with Crippen molar-refractivity contribution in [3.8, 4) is 22.6 Å². The third kappa shape index (κ3) is 3.03. The smallest absolute Gasteiger partial charge is 0.164 e. The van der Waals surface area contributed by atoms with Crippen molar-refractivity contribution in [1.82, 2.24) is 0 Å². The van der Waals surface area contributed by atoms with Crippen molar-refractivity contribution in [1.29, 1.82) is 0 Å². The van der Waals surface area contributed by atoms with Gasteiger partial charge in [0.05, 0.1) is 0 Å². The number of hydrogen-bond donors (Lipinski definition) is 2. The number of hydrogen-bond acceptors (Lipinski definition) is 4. The van der Waals surface area contributed by atoms with Gasteiger partial charge in [-0.3, -0.25) is 0 Å². The second-order valence-electron chi connectivity index (χ2n) is 4.85. The standard InChI is InChI=1S/C18H13FN2O2/c19-17-13(12-6-2-1-3-7-12)10-11-16(23)18(17)21-20-14-8-4-5-9-15(14)22/h1-11,22-23H. The predicted octanol–water partition coefficient (Wildman–Crippen LogP) is 5.32. The number of phenols is 2. The van der Waals surface area contributed by atoms with Gasteiger partial charge in [0, 0.05) is 5.56 Å². The maximum atomic E-state index is 14.6. The number of benzene rings is 3. The number of phenolic OH excluding ortho intramolecular Hbond substituents is 2. The number of azo groups is 1. The van der Waals surface area contributed by atoms with E-state index in [0.717, 1.165) is 0 Å². The van der Waals surface area contributed by atoms with Gasteiger partial charge in [0.2, 0.25) is 0 Å². The van der Waals surface area contributed by atoms with Gasteiger partial charge in [-0.05, 0) is 29.8 Å². The fraction of sp³-hybridized carbons (Fsp3) is 0. The van der Waals surface area contributed by atoms with Crippen molar-refractivity contribution in [2.45, 2.75) is 0 Å². The van der Waals surface area contributed by atoms with Gasteiger partial charge in [0.1, 0.15) is 17.2 Å². The highest BCUT2D eigenvalue weighted by Gasteiger charge is 2.14. The van der Waals surface area contributed by atoms with Crippen LogP contribution in [-0.2, 0) is 0 Å². The van der Waals surface area contributed by atoms with Crippen LogP contribution in [0.15, 0.2) is 77.0 Å². The molecule has 0 aliphatic heterocycles. The highest BCUT2D eigenvalue weighted by atomic mass is 19.1. The number of halogens is 1. The number of aromatic hydroxyl groups is 2. The predicted molar refractivity (Wildman–Crippen MR) is 85.8 cm³/mol. The minimum Gasteiger partial charge on any atom is -0.506 e. The van der Waals surface area contributed by atoms with Crippen LogP contribution in [0.3, 0.4) is 0 Å². The Morgan fingerprint density at radius 1 is 0.696 bits per heavy atom. The van der Waals surface area contributed by atoms with E-state index >= 15 is 0 Å². The molecule has 0 aromatic heterocycles. The molecule has 2 N–H and O–H groups in total. The Morgan fingerprint density at radius 2 is 1.39 bits per heavy atom.